The normalized spacial score (nSPS) is 19.8. The first-order chi connectivity index (χ1) is 9.72. The zero-order chi connectivity index (χ0) is 14.4. The van der Waals surface area contributed by atoms with Crippen molar-refractivity contribution in [1.29, 1.82) is 0 Å². The predicted molar refractivity (Wildman–Crippen MR) is 83.5 cm³/mol. The van der Waals surface area contributed by atoms with Crippen LogP contribution in [0.5, 0.6) is 0 Å². The first-order valence-corrected chi connectivity index (χ1v) is 8.01. The number of anilines is 2. The van der Waals surface area contributed by atoms with Gasteiger partial charge in [-0.2, -0.15) is 15.0 Å². The first kappa shape index (κ1) is 15.3. The molecular formula is C14H24ClN5. The fourth-order valence-corrected chi connectivity index (χ4v) is 2.73. The summed E-state index contributed by atoms with van der Waals surface area (Å²) < 4.78 is 0. The molecule has 0 aromatic carbocycles. The maximum Gasteiger partial charge on any atom is 0.231 e. The smallest absolute Gasteiger partial charge is 0.231 e. The highest BCUT2D eigenvalue weighted by Gasteiger charge is 2.18. The molecule has 0 radical (unpaired) electrons. The molecule has 1 N–H and O–H groups in total. The Balaban J connectivity index is 2.08. The summed E-state index contributed by atoms with van der Waals surface area (Å²) in [5, 5.41) is 3.45. The number of aromatic nitrogens is 3. The van der Waals surface area contributed by atoms with Gasteiger partial charge in [0.25, 0.3) is 0 Å². The fourth-order valence-electron chi connectivity index (χ4n) is 2.57. The van der Waals surface area contributed by atoms with Crippen molar-refractivity contribution in [2.24, 2.45) is 5.92 Å². The summed E-state index contributed by atoms with van der Waals surface area (Å²) in [7, 11) is 0. The van der Waals surface area contributed by atoms with E-state index < -0.39 is 0 Å². The monoisotopic (exact) mass is 297 g/mol. The van der Waals surface area contributed by atoms with Gasteiger partial charge in [-0.25, -0.2) is 0 Å². The van der Waals surface area contributed by atoms with Crippen LogP contribution in [0.2, 0.25) is 5.28 Å². The third-order valence-corrected chi connectivity index (χ3v) is 4.01. The summed E-state index contributed by atoms with van der Waals surface area (Å²) in [5.74, 6) is 2.12. The average Bonchev–Trinajstić information content (AvgIpc) is 2.70. The molecule has 0 bridgehead atoms. The molecule has 112 valence electrons. The van der Waals surface area contributed by atoms with Crippen LogP contribution in [-0.2, 0) is 0 Å². The van der Waals surface area contributed by atoms with Crippen LogP contribution in [0, 0.1) is 5.92 Å². The lowest BCUT2D eigenvalue weighted by atomic mass is 9.98. The predicted octanol–water partition coefficient (Wildman–Crippen LogP) is 3.36. The molecule has 1 aromatic heterocycles. The molecule has 0 spiro atoms. The lowest BCUT2D eigenvalue weighted by molar-refractivity contribution is 0.459. The van der Waals surface area contributed by atoms with Gasteiger partial charge in [-0.1, -0.05) is 20.3 Å². The molecule has 1 unspecified atom stereocenters. The summed E-state index contributed by atoms with van der Waals surface area (Å²) >= 11 is 6.02. The fraction of sp³-hybridized carbons (Fsp3) is 0.786. The van der Waals surface area contributed by atoms with Crippen molar-refractivity contribution in [2.75, 3.05) is 29.9 Å². The van der Waals surface area contributed by atoms with Crippen LogP contribution in [0.1, 0.15) is 46.0 Å². The molecule has 2 rings (SSSR count). The molecule has 1 fully saturated rings. The zero-order valence-electron chi connectivity index (χ0n) is 12.4. The van der Waals surface area contributed by atoms with E-state index in [0.717, 1.165) is 32.0 Å². The highest BCUT2D eigenvalue weighted by Crippen LogP contribution is 2.23. The number of halogens is 1. The van der Waals surface area contributed by atoms with E-state index in [1.54, 1.807) is 0 Å². The molecule has 0 saturated carbocycles. The minimum Gasteiger partial charge on any atom is -0.354 e. The van der Waals surface area contributed by atoms with E-state index in [1.165, 1.54) is 25.7 Å². The summed E-state index contributed by atoms with van der Waals surface area (Å²) in [6, 6.07) is 0. The Morgan fingerprint density at radius 3 is 2.80 bits per heavy atom. The summed E-state index contributed by atoms with van der Waals surface area (Å²) in [4.78, 5) is 15.1. The third kappa shape index (κ3) is 4.20. The Bertz CT molecular complexity index is 426. The lowest BCUT2D eigenvalue weighted by Crippen LogP contribution is -2.27. The number of nitrogens with zero attached hydrogens (tertiary/aromatic N) is 4. The van der Waals surface area contributed by atoms with Crippen molar-refractivity contribution in [3.63, 3.8) is 0 Å². The van der Waals surface area contributed by atoms with Gasteiger partial charge in [0.15, 0.2) is 0 Å². The van der Waals surface area contributed by atoms with Crippen molar-refractivity contribution in [1.82, 2.24) is 15.0 Å². The minimum atomic E-state index is 0.268. The Morgan fingerprint density at radius 1 is 1.20 bits per heavy atom. The van der Waals surface area contributed by atoms with Gasteiger partial charge in [-0.05, 0) is 43.2 Å². The second-order valence-electron chi connectivity index (χ2n) is 5.35. The highest BCUT2D eigenvalue weighted by atomic mass is 35.5. The van der Waals surface area contributed by atoms with E-state index in [1.807, 2.05) is 0 Å². The number of hydrogen-bond acceptors (Lipinski definition) is 5. The van der Waals surface area contributed by atoms with Gasteiger partial charge in [-0.15, -0.1) is 0 Å². The number of hydrogen-bond donors (Lipinski definition) is 1. The van der Waals surface area contributed by atoms with E-state index in [2.05, 4.69) is 39.0 Å². The first-order valence-electron chi connectivity index (χ1n) is 7.63. The van der Waals surface area contributed by atoms with Crippen molar-refractivity contribution < 1.29 is 0 Å². The van der Waals surface area contributed by atoms with E-state index in [4.69, 9.17) is 11.6 Å². The molecule has 1 aromatic rings. The second-order valence-corrected chi connectivity index (χ2v) is 5.69. The van der Waals surface area contributed by atoms with Gasteiger partial charge in [-0.3, -0.25) is 0 Å². The molecule has 1 saturated heterocycles. The largest absolute Gasteiger partial charge is 0.354 e. The van der Waals surface area contributed by atoms with Crippen LogP contribution < -0.4 is 10.2 Å². The van der Waals surface area contributed by atoms with Crippen molar-refractivity contribution in [3.05, 3.63) is 5.28 Å². The Morgan fingerprint density at radius 2 is 2.05 bits per heavy atom. The van der Waals surface area contributed by atoms with Gasteiger partial charge in [0.1, 0.15) is 0 Å². The molecule has 0 amide bonds. The zero-order valence-corrected chi connectivity index (χ0v) is 13.2. The van der Waals surface area contributed by atoms with E-state index in [-0.39, 0.29) is 5.28 Å². The molecular weight excluding hydrogens is 274 g/mol. The van der Waals surface area contributed by atoms with Crippen molar-refractivity contribution in [3.8, 4) is 0 Å². The topological polar surface area (TPSA) is 53.9 Å². The molecule has 20 heavy (non-hydrogen) atoms. The SMILES string of the molecule is CCCNc1nc(Cl)nc(N2CCCC(CC)CC2)n1. The van der Waals surface area contributed by atoms with Gasteiger partial charge in [0.05, 0.1) is 0 Å². The highest BCUT2D eigenvalue weighted by molar-refractivity contribution is 6.28. The summed E-state index contributed by atoms with van der Waals surface area (Å²) in [5.41, 5.74) is 0. The molecule has 1 aliphatic rings. The molecule has 1 atom stereocenters. The van der Waals surface area contributed by atoms with Crippen LogP contribution >= 0.6 is 11.6 Å². The van der Waals surface area contributed by atoms with Crippen LogP contribution in [0.3, 0.4) is 0 Å². The van der Waals surface area contributed by atoms with Gasteiger partial charge < -0.3 is 10.2 Å². The maximum absolute atomic E-state index is 6.02. The Kier molecular flexibility index (Phi) is 5.83. The van der Waals surface area contributed by atoms with E-state index in [0.29, 0.717) is 11.9 Å². The molecule has 0 aliphatic carbocycles. The average molecular weight is 298 g/mol. The van der Waals surface area contributed by atoms with Crippen LogP contribution in [0.25, 0.3) is 0 Å². The molecule has 6 heteroatoms. The summed E-state index contributed by atoms with van der Waals surface area (Å²) in [6.45, 7) is 7.23. The summed E-state index contributed by atoms with van der Waals surface area (Å²) in [6.07, 6.45) is 5.99. The standard InChI is InChI=1S/C14H24ClN5/c1-3-8-16-13-17-12(15)18-14(19-13)20-9-5-6-11(4-2)7-10-20/h11H,3-10H2,1-2H3,(H,16,17,18,19). The molecule has 2 heterocycles. The minimum absolute atomic E-state index is 0.268. The van der Waals surface area contributed by atoms with Crippen LogP contribution in [0.4, 0.5) is 11.9 Å². The van der Waals surface area contributed by atoms with E-state index in [9.17, 15) is 0 Å². The maximum atomic E-state index is 6.02. The third-order valence-electron chi connectivity index (χ3n) is 3.84. The number of rotatable bonds is 5. The van der Waals surface area contributed by atoms with Crippen LogP contribution in [0.15, 0.2) is 0 Å². The Labute approximate surface area is 126 Å². The molecule has 1 aliphatic heterocycles. The lowest BCUT2D eigenvalue weighted by Gasteiger charge is -2.20. The van der Waals surface area contributed by atoms with Gasteiger partial charge in [0.2, 0.25) is 17.2 Å². The van der Waals surface area contributed by atoms with Crippen LogP contribution in [-0.4, -0.2) is 34.6 Å². The van der Waals surface area contributed by atoms with Gasteiger partial charge in [0, 0.05) is 19.6 Å². The quantitative estimate of drug-likeness (QED) is 0.903. The second kappa shape index (κ2) is 7.62. The Hall–Kier alpha value is -1.10. The van der Waals surface area contributed by atoms with Gasteiger partial charge >= 0.3 is 0 Å². The van der Waals surface area contributed by atoms with Crippen molar-refractivity contribution >= 4 is 23.5 Å². The number of nitrogens with one attached hydrogen (secondary N) is 1. The van der Waals surface area contributed by atoms with Crippen molar-refractivity contribution in [2.45, 2.75) is 46.0 Å². The molecule has 5 nitrogen and oxygen atoms in total. The van der Waals surface area contributed by atoms with E-state index >= 15 is 0 Å².